The highest BCUT2D eigenvalue weighted by Crippen LogP contribution is 2.22. The Morgan fingerprint density at radius 1 is 1.53 bits per heavy atom. The first-order chi connectivity index (χ1) is 8.87. The molecule has 0 spiro atoms. The predicted molar refractivity (Wildman–Crippen MR) is 68.8 cm³/mol. The molecule has 0 bridgehead atoms. The summed E-state index contributed by atoms with van der Waals surface area (Å²) in [6.45, 7) is 1.51. The number of carboxylic acids is 1. The topological polar surface area (TPSA) is 100 Å². The van der Waals surface area contributed by atoms with Crippen molar-refractivity contribution in [2.75, 3.05) is 23.0 Å². The molecule has 0 radical (unpaired) electrons. The third kappa shape index (κ3) is 3.40. The molecule has 2 rings (SSSR count). The molecule has 1 atom stereocenters. The van der Waals surface area contributed by atoms with Crippen LogP contribution in [0.4, 0.5) is 5.82 Å². The molecule has 19 heavy (non-hydrogen) atoms. The normalized spacial score (nSPS) is 21.2. The van der Waals surface area contributed by atoms with Crippen molar-refractivity contribution < 1.29 is 18.3 Å². The van der Waals surface area contributed by atoms with E-state index in [0.717, 1.165) is 0 Å². The molecule has 1 N–H and O–H groups in total. The van der Waals surface area contributed by atoms with Gasteiger partial charge in [0.25, 0.3) is 0 Å². The van der Waals surface area contributed by atoms with Crippen LogP contribution in [0.3, 0.4) is 0 Å². The average molecular weight is 285 g/mol. The molecular formula is C11H15N3O4S. The summed E-state index contributed by atoms with van der Waals surface area (Å²) in [5.41, 5.74) is 0.709. The van der Waals surface area contributed by atoms with Crippen molar-refractivity contribution >= 4 is 21.6 Å². The Morgan fingerprint density at radius 2 is 2.26 bits per heavy atom. The van der Waals surface area contributed by atoms with Crippen molar-refractivity contribution in [3.63, 3.8) is 0 Å². The zero-order chi connectivity index (χ0) is 14.0. The fourth-order valence-corrected chi connectivity index (χ4v) is 3.89. The molecule has 0 saturated carbocycles. The molecule has 1 fully saturated rings. The van der Waals surface area contributed by atoms with Crippen molar-refractivity contribution in [3.05, 3.63) is 18.1 Å². The maximum Gasteiger partial charge on any atom is 0.323 e. The first kappa shape index (κ1) is 13.7. The van der Waals surface area contributed by atoms with Crippen LogP contribution in [0, 0.1) is 6.92 Å². The molecule has 8 heteroatoms. The zero-order valence-corrected chi connectivity index (χ0v) is 11.3. The van der Waals surface area contributed by atoms with Crippen LogP contribution in [0.1, 0.15) is 12.1 Å². The summed E-state index contributed by atoms with van der Waals surface area (Å²) >= 11 is 0. The molecule has 1 aromatic heterocycles. The maximum absolute atomic E-state index is 11.5. The molecule has 104 valence electrons. The van der Waals surface area contributed by atoms with Crippen LogP contribution in [-0.2, 0) is 14.6 Å². The van der Waals surface area contributed by atoms with E-state index in [1.54, 1.807) is 13.0 Å². The molecule has 1 aliphatic heterocycles. The summed E-state index contributed by atoms with van der Waals surface area (Å²) in [5.74, 6) is -0.487. The second kappa shape index (κ2) is 5.12. The van der Waals surface area contributed by atoms with E-state index in [-0.39, 0.29) is 24.1 Å². The van der Waals surface area contributed by atoms with Crippen LogP contribution in [0.25, 0.3) is 0 Å². The highest BCUT2D eigenvalue weighted by atomic mass is 32.2. The zero-order valence-electron chi connectivity index (χ0n) is 10.5. The van der Waals surface area contributed by atoms with E-state index < -0.39 is 15.8 Å². The van der Waals surface area contributed by atoms with E-state index in [1.807, 2.05) is 0 Å². The number of anilines is 1. The summed E-state index contributed by atoms with van der Waals surface area (Å²) < 4.78 is 23.0. The van der Waals surface area contributed by atoms with Crippen LogP contribution in [0.2, 0.25) is 0 Å². The highest BCUT2D eigenvalue weighted by Gasteiger charge is 2.33. The molecule has 7 nitrogen and oxygen atoms in total. The van der Waals surface area contributed by atoms with E-state index in [1.165, 1.54) is 11.2 Å². The Morgan fingerprint density at radius 3 is 2.79 bits per heavy atom. The minimum atomic E-state index is -3.07. The number of carboxylic acid groups (broad SMARTS) is 1. The fraction of sp³-hybridized carbons (Fsp3) is 0.545. The van der Waals surface area contributed by atoms with Crippen LogP contribution in [-0.4, -0.2) is 53.6 Å². The number of carbonyl (C=O) groups is 1. The lowest BCUT2D eigenvalue weighted by atomic mass is 10.2. The minimum absolute atomic E-state index is 0.0245. The van der Waals surface area contributed by atoms with Gasteiger partial charge in [-0.1, -0.05) is 0 Å². The molecule has 1 saturated heterocycles. The summed E-state index contributed by atoms with van der Waals surface area (Å²) in [6, 6.07) is 1.32. The van der Waals surface area contributed by atoms with Crippen molar-refractivity contribution in [1.29, 1.82) is 0 Å². The van der Waals surface area contributed by atoms with Gasteiger partial charge < -0.3 is 10.0 Å². The molecule has 0 aromatic carbocycles. The SMILES string of the molecule is Cc1cc(N(CC(=O)O)C2CCS(=O)(=O)C2)ncn1. The van der Waals surface area contributed by atoms with E-state index >= 15 is 0 Å². The first-order valence-corrected chi connectivity index (χ1v) is 7.67. The highest BCUT2D eigenvalue weighted by molar-refractivity contribution is 7.91. The van der Waals surface area contributed by atoms with Gasteiger partial charge >= 0.3 is 5.97 Å². The van der Waals surface area contributed by atoms with Gasteiger partial charge in [0.1, 0.15) is 18.7 Å². The summed E-state index contributed by atoms with van der Waals surface area (Å²) in [4.78, 5) is 20.5. The van der Waals surface area contributed by atoms with Gasteiger partial charge in [-0.15, -0.1) is 0 Å². The van der Waals surface area contributed by atoms with Gasteiger partial charge in [0.15, 0.2) is 9.84 Å². The summed E-state index contributed by atoms with van der Waals surface area (Å²) in [7, 11) is -3.07. The molecule has 1 aromatic rings. The molecule has 1 unspecified atom stereocenters. The average Bonchev–Trinajstić information content (AvgIpc) is 2.66. The third-order valence-corrected chi connectivity index (χ3v) is 4.79. The maximum atomic E-state index is 11.5. The lowest BCUT2D eigenvalue weighted by Gasteiger charge is -2.27. The van der Waals surface area contributed by atoms with Crippen molar-refractivity contribution in [3.8, 4) is 0 Å². The standard InChI is InChI=1S/C11H15N3O4S/c1-8-4-10(13-7-12-8)14(5-11(15)16)9-2-3-19(17,18)6-9/h4,7,9H,2-3,5-6H2,1H3,(H,15,16). The van der Waals surface area contributed by atoms with Crippen LogP contribution >= 0.6 is 0 Å². The van der Waals surface area contributed by atoms with Gasteiger partial charge in [0.2, 0.25) is 0 Å². The van der Waals surface area contributed by atoms with E-state index in [9.17, 15) is 13.2 Å². The van der Waals surface area contributed by atoms with E-state index in [2.05, 4.69) is 9.97 Å². The first-order valence-electron chi connectivity index (χ1n) is 5.85. The number of nitrogens with zero attached hydrogens (tertiary/aromatic N) is 3. The Bertz CT molecular complexity index is 587. The number of aromatic nitrogens is 2. The Hall–Kier alpha value is -1.70. The van der Waals surface area contributed by atoms with Crippen LogP contribution in [0.5, 0.6) is 0 Å². The largest absolute Gasteiger partial charge is 0.480 e. The van der Waals surface area contributed by atoms with Crippen molar-refractivity contribution in [2.24, 2.45) is 0 Å². The van der Waals surface area contributed by atoms with Crippen LogP contribution in [0.15, 0.2) is 12.4 Å². The van der Waals surface area contributed by atoms with E-state index in [0.29, 0.717) is 17.9 Å². The Labute approximate surface area is 111 Å². The fourth-order valence-electron chi connectivity index (χ4n) is 2.16. The third-order valence-electron chi connectivity index (χ3n) is 3.04. The van der Waals surface area contributed by atoms with Crippen molar-refractivity contribution in [2.45, 2.75) is 19.4 Å². The number of aliphatic carboxylic acids is 1. The molecule has 2 heterocycles. The second-order valence-corrected chi connectivity index (χ2v) is 6.82. The monoisotopic (exact) mass is 285 g/mol. The van der Waals surface area contributed by atoms with Gasteiger partial charge in [0.05, 0.1) is 11.5 Å². The number of hydrogen-bond acceptors (Lipinski definition) is 6. The van der Waals surface area contributed by atoms with Gasteiger partial charge in [-0.3, -0.25) is 4.79 Å². The quantitative estimate of drug-likeness (QED) is 0.821. The molecule has 1 aliphatic rings. The van der Waals surface area contributed by atoms with Crippen LogP contribution < -0.4 is 4.90 Å². The van der Waals surface area contributed by atoms with Gasteiger partial charge in [0, 0.05) is 17.8 Å². The minimum Gasteiger partial charge on any atom is -0.480 e. The Balaban J connectivity index is 2.29. The van der Waals surface area contributed by atoms with Gasteiger partial charge in [-0.25, -0.2) is 18.4 Å². The van der Waals surface area contributed by atoms with E-state index in [4.69, 9.17) is 5.11 Å². The number of rotatable bonds is 4. The van der Waals surface area contributed by atoms with Gasteiger partial charge in [-0.2, -0.15) is 0 Å². The van der Waals surface area contributed by atoms with Crippen molar-refractivity contribution in [1.82, 2.24) is 9.97 Å². The lowest BCUT2D eigenvalue weighted by molar-refractivity contribution is -0.135. The molecule has 0 aliphatic carbocycles. The lowest BCUT2D eigenvalue weighted by Crippen LogP contribution is -2.40. The number of sulfone groups is 1. The van der Waals surface area contributed by atoms with Gasteiger partial charge in [-0.05, 0) is 13.3 Å². The smallest absolute Gasteiger partial charge is 0.323 e. The summed E-state index contributed by atoms with van der Waals surface area (Å²) in [5, 5.41) is 8.97. The second-order valence-electron chi connectivity index (χ2n) is 4.60. The number of aryl methyl sites for hydroxylation is 1. The summed E-state index contributed by atoms with van der Waals surface area (Å²) in [6.07, 6.45) is 1.78. The predicted octanol–water partition coefficient (Wildman–Crippen LogP) is -0.137. The molecular weight excluding hydrogens is 270 g/mol. The number of hydrogen-bond donors (Lipinski definition) is 1. The Kier molecular flexibility index (Phi) is 3.70. The molecule has 0 amide bonds.